The van der Waals surface area contributed by atoms with Gasteiger partial charge in [-0.05, 0) is 66.5 Å². The molecule has 0 aliphatic heterocycles. The van der Waals surface area contributed by atoms with Crippen LogP contribution < -0.4 is 11.1 Å². The van der Waals surface area contributed by atoms with Gasteiger partial charge in [0.1, 0.15) is 28.8 Å². The first-order chi connectivity index (χ1) is 17.4. The van der Waals surface area contributed by atoms with Crippen molar-refractivity contribution in [1.82, 2.24) is 9.97 Å². The van der Waals surface area contributed by atoms with E-state index in [1.165, 1.54) is 6.20 Å². The lowest BCUT2D eigenvalue weighted by atomic mass is 9.70. The van der Waals surface area contributed by atoms with E-state index in [1.54, 1.807) is 12.3 Å². The first kappa shape index (κ1) is 26.7. The Balaban J connectivity index is 1.59. The molecule has 196 valence electrons. The molecule has 2 heterocycles. The van der Waals surface area contributed by atoms with E-state index >= 15 is 0 Å². The molecule has 8 nitrogen and oxygen atoms in total. The zero-order chi connectivity index (χ0) is 26.9. The first-order valence-electron chi connectivity index (χ1n) is 11.5. The molecular weight excluding hydrogens is 509 g/mol. The molecule has 1 fully saturated rings. The van der Waals surface area contributed by atoms with Crippen molar-refractivity contribution < 1.29 is 30.9 Å². The van der Waals surface area contributed by atoms with Crippen molar-refractivity contribution in [3.8, 4) is 11.3 Å². The molecule has 4 N–H and O–H groups in total. The number of anilines is 1. The van der Waals surface area contributed by atoms with Crippen LogP contribution in [-0.4, -0.2) is 40.6 Å². The molecule has 1 saturated carbocycles. The highest BCUT2D eigenvalue weighted by atomic mass is 32.2. The van der Waals surface area contributed by atoms with Gasteiger partial charge < -0.3 is 11.1 Å². The maximum atomic E-state index is 14.4. The van der Waals surface area contributed by atoms with Crippen LogP contribution in [-0.2, 0) is 10.1 Å². The predicted octanol–water partition coefficient (Wildman–Crippen LogP) is 4.16. The summed E-state index contributed by atoms with van der Waals surface area (Å²) in [5, 5.41) is 2.68. The molecule has 2 aromatic heterocycles. The second-order valence-electron chi connectivity index (χ2n) is 9.26. The van der Waals surface area contributed by atoms with Gasteiger partial charge in [-0.25, -0.2) is 18.2 Å². The molecule has 1 aromatic carbocycles. The van der Waals surface area contributed by atoms with Crippen LogP contribution in [0.5, 0.6) is 0 Å². The van der Waals surface area contributed by atoms with Gasteiger partial charge in [0.05, 0.1) is 23.2 Å². The Bertz CT molecular complexity index is 1400. The van der Waals surface area contributed by atoms with E-state index in [9.17, 15) is 30.9 Å². The second kappa shape index (κ2) is 10.6. The lowest BCUT2D eigenvalue weighted by molar-refractivity contribution is 0.102. The van der Waals surface area contributed by atoms with E-state index in [-0.39, 0.29) is 17.5 Å². The number of rotatable bonds is 6. The number of carbonyl (C=O) groups is 1. The van der Waals surface area contributed by atoms with E-state index in [0.717, 1.165) is 30.3 Å². The predicted molar refractivity (Wildman–Crippen MR) is 131 cm³/mol. The summed E-state index contributed by atoms with van der Waals surface area (Å²) in [7, 11) is -4.19. The number of nitrogens with one attached hydrogen (secondary N) is 1. The molecule has 4 atom stereocenters. The Hall–Kier alpha value is -3.35. The minimum atomic E-state index is -4.19. The number of nitrogens with two attached hydrogens (primary N) is 1. The molecule has 37 heavy (non-hydrogen) atoms. The third-order valence-electron chi connectivity index (χ3n) is 6.72. The van der Waals surface area contributed by atoms with Crippen LogP contribution >= 0.6 is 0 Å². The monoisotopic (exact) mass is 534 g/mol. The molecule has 1 aliphatic carbocycles. The summed E-state index contributed by atoms with van der Waals surface area (Å²) in [6, 6.07) is 6.27. The van der Waals surface area contributed by atoms with Crippen LogP contribution in [0.15, 0.2) is 48.8 Å². The number of pyridine rings is 2. The Morgan fingerprint density at radius 1 is 1.11 bits per heavy atom. The molecule has 1 aliphatic rings. The third kappa shape index (κ3) is 5.97. The van der Waals surface area contributed by atoms with Crippen LogP contribution in [0.1, 0.15) is 41.7 Å². The highest BCUT2D eigenvalue weighted by Crippen LogP contribution is 2.41. The standard InChI is InChI=1S/C25H25F3N4O4S/c1-13-9-14(10-20(29)16(13)12-37(34,35)36)15-7-8-30-11-22(15)32-25(33)21-6-5-19(28)24(31-21)23-17(26)3-2-4-18(23)27/h2-8,11,13-14,16,20H,9-10,12,29H2,1H3,(H,32,33)(H,34,35,36)/t13-,14+,16+,20+/m0/s1. The van der Waals surface area contributed by atoms with Gasteiger partial charge in [-0.2, -0.15) is 8.42 Å². The van der Waals surface area contributed by atoms with E-state index in [2.05, 4.69) is 15.3 Å². The van der Waals surface area contributed by atoms with Gasteiger partial charge in [-0.1, -0.05) is 13.0 Å². The average molecular weight is 535 g/mol. The molecule has 3 aromatic rings. The normalized spacial score (nSPS) is 22.0. The van der Waals surface area contributed by atoms with E-state index in [1.807, 2.05) is 6.92 Å². The van der Waals surface area contributed by atoms with Crippen molar-refractivity contribution in [2.24, 2.45) is 17.6 Å². The smallest absolute Gasteiger partial charge is 0.274 e. The lowest BCUT2D eigenvalue weighted by Crippen LogP contribution is -2.44. The van der Waals surface area contributed by atoms with Gasteiger partial charge in [0.15, 0.2) is 0 Å². The minimum Gasteiger partial charge on any atom is -0.327 e. The minimum absolute atomic E-state index is 0.135. The van der Waals surface area contributed by atoms with Gasteiger partial charge in [-0.3, -0.25) is 14.3 Å². The molecule has 0 saturated heterocycles. The SMILES string of the molecule is C[C@H]1C[C@@H](c2ccncc2NC(=O)c2ccc(F)c(-c3c(F)cccc3F)n2)C[C@@H](N)[C@@H]1CS(=O)(=O)O. The van der Waals surface area contributed by atoms with Gasteiger partial charge in [0.2, 0.25) is 0 Å². The second-order valence-corrected chi connectivity index (χ2v) is 10.8. The molecule has 0 radical (unpaired) electrons. The van der Waals surface area contributed by atoms with Crippen molar-refractivity contribution >= 4 is 21.7 Å². The fourth-order valence-electron chi connectivity index (χ4n) is 4.95. The number of aromatic nitrogens is 2. The molecule has 1 amide bonds. The number of halogens is 3. The fourth-order valence-corrected chi connectivity index (χ4v) is 6.01. The highest BCUT2D eigenvalue weighted by molar-refractivity contribution is 7.85. The first-order valence-corrected chi connectivity index (χ1v) is 13.1. The number of nitrogens with zero attached hydrogens (tertiary/aromatic N) is 2. The molecule has 12 heteroatoms. The molecule has 0 bridgehead atoms. The Labute approximate surface area is 211 Å². The summed E-state index contributed by atoms with van der Waals surface area (Å²) < 4.78 is 74.9. The summed E-state index contributed by atoms with van der Waals surface area (Å²) in [4.78, 5) is 21.0. The van der Waals surface area contributed by atoms with E-state index < -0.39 is 62.4 Å². The number of carbonyl (C=O) groups excluding carboxylic acids is 1. The van der Waals surface area contributed by atoms with Gasteiger partial charge in [-0.15, -0.1) is 0 Å². The summed E-state index contributed by atoms with van der Waals surface area (Å²) in [6.07, 6.45) is 3.92. The summed E-state index contributed by atoms with van der Waals surface area (Å²) in [5.41, 5.74) is 5.74. The topological polar surface area (TPSA) is 135 Å². The van der Waals surface area contributed by atoms with Gasteiger partial charge in [0.25, 0.3) is 16.0 Å². The quantitative estimate of drug-likeness (QED) is 0.404. The number of amides is 1. The molecule has 4 rings (SSSR count). The van der Waals surface area contributed by atoms with Crippen LogP contribution in [0, 0.1) is 29.3 Å². The lowest BCUT2D eigenvalue weighted by Gasteiger charge is -2.39. The van der Waals surface area contributed by atoms with Crippen molar-refractivity contribution in [2.75, 3.05) is 11.1 Å². The molecular formula is C25H25F3N4O4S. The fraction of sp³-hybridized carbons (Fsp3) is 0.320. The van der Waals surface area contributed by atoms with Crippen LogP contribution in [0.4, 0.5) is 18.9 Å². The number of benzene rings is 1. The van der Waals surface area contributed by atoms with Crippen LogP contribution in [0.25, 0.3) is 11.3 Å². The van der Waals surface area contributed by atoms with Gasteiger partial charge >= 0.3 is 0 Å². The van der Waals surface area contributed by atoms with Crippen LogP contribution in [0.3, 0.4) is 0 Å². The van der Waals surface area contributed by atoms with E-state index in [4.69, 9.17) is 5.73 Å². The van der Waals surface area contributed by atoms with Crippen LogP contribution in [0.2, 0.25) is 0 Å². The zero-order valence-electron chi connectivity index (χ0n) is 19.7. The number of hydrogen-bond donors (Lipinski definition) is 3. The van der Waals surface area contributed by atoms with E-state index in [0.29, 0.717) is 24.1 Å². The molecule has 0 spiro atoms. The zero-order valence-corrected chi connectivity index (χ0v) is 20.6. The summed E-state index contributed by atoms with van der Waals surface area (Å²) in [5.74, 6) is -4.91. The maximum Gasteiger partial charge on any atom is 0.274 e. The Morgan fingerprint density at radius 2 is 1.81 bits per heavy atom. The maximum absolute atomic E-state index is 14.4. The average Bonchev–Trinajstić information content (AvgIpc) is 2.82. The summed E-state index contributed by atoms with van der Waals surface area (Å²) >= 11 is 0. The largest absolute Gasteiger partial charge is 0.327 e. The Morgan fingerprint density at radius 3 is 2.46 bits per heavy atom. The van der Waals surface area contributed by atoms with Crippen molar-refractivity contribution in [3.63, 3.8) is 0 Å². The Kier molecular flexibility index (Phi) is 7.62. The summed E-state index contributed by atoms with van der Waals surface area (Å²) in [6.45, 7) is 1.85. The number of hydrogen-bond acceptors (Lipinski definition) is 6. The van der Waals surface area contributed by atoms with Crippen molar-refractivity contribution in [1.29, 1.82) is 0 Å². The van der Waals surface area contributed by atoms with Crippen molar-refractivity contribution in [3.05, 3.63) is 77.5 Å². The van der Waals surface area contributed by atoms with Crippen molar-refractivity contribution in [2.45, 2.75) is 31.7 Å². The van der Waals surface area contributed by atoms with Gasteiger partial charge in [0, 0.05) is 12.2 Å². The molecule has 0 unspecified atom stereocenters. The highest BCUT2D eigenvalue weighted by Gasteiger charge is 2.37. The third-order valence-corrected chi connectivity index (χ3v) is 7.52.